The number of aromatic carboxylic acids is 1. The zero-order valence-electron chi connectivity index (χ0n) is 8.12. The van der Waals surface area contributed by atoms with Gasteiger partial charge in [0.2, 0.25) is 5.82 Å². The molecule has 0 amide bonds. The molecule has 2 rings (SSSR count). The largest absolute Gasteiger partial charge is 0.477 e. The van der Waals surface area contributed by atoms with Gasteiger partial charge in [-0.1, -0.05) is 0 Å². The van der Waals surface area contributed by atoms with Gasteiger partial charge in [-0.2, -0.15) is 5.26 Å². The van der Waals surface area contributed by atoms with E-state index in [0.29, 0.717) is 17.0 Å². The van der Waals surface area contributed by atoms with Crippen LogP contribution in [0.1, 0.15) is 21.1 Å². The van der Waals surface area contributed by atoms with Gasteiger partial charge in [0, 0.05) is 12.4 Å². The number of hydrogen-bond donors (Lipinski definition) is 1. The van der Waals surface area contributed by atoms with E-state index in [1.54, 1.807) is 22.2 Å². The van der Waals surface area contributed by atoms with Crippen molar-refractivity contribution in [2.45, 2.75) is 6.54 Å². The first-order valence-corrected chi connectivity index (χ1v) is 5.31. The lowest BCUT2D eigenvalue weighted by Gasteiger charge is -2.02. The summed E-state index contributed by atoms with van der Waals surface area (Å²) in [7, 11) is 0. The molecule has 0 aliphatic heterocycles. The van der Waals surface area contributed by atoms with Crippen molar-refractivity contribution in [3.05, 3.63) is 40.1 Å². The lowest BCUT2D eigenvalue weighted by Crippen LogP contribution is -2.05. The molecular formula is C10H7N3O2S. The Bertz CT molecular complexity index is 565. The topological polar surface area (TPSA) is 78.9 Å². The fourth-order valence-electron chi connectivity index (χ4n) is 1.38. The van der Waals surface area contributed by atoms with Crippen molar-refractivity contribution in [3.8, 4) is 6.07 Å². The van der Waals surface area contributed by atoms with Gasteiger partial charge in [-0.05, 0) is 17.0 Å². The summed E-state index contributed by atoms with van der Waals surface area (Å²) >= 11 is 1.18. The highest BCUT2D eigenvalue weighted by molar-refractivity contribution is 7.12. The SMILES string of the molecule is N#Cc1nccn1Cc1ccsc1C(=O)O. The van der Waals surface area contributed by atoms with Gasteiger partial charge in [0.1, 0.15) is 10.9 Å². The number of carbonyl (C=O) groups is 1. The first-order valence-electron chi connectivity index (χ1n) is 4.43. The van der Waals surface area contributed by atoms with E-state index < -0.39 is 5.97 Å². The lowest BCUT2D eigenvalue weighted by atomic mass is 10.2. The second-order valence-corrected chi connectivity index (χ2v) is 3.99. The van der Waals surface area contributed by atoms with Crippen LogP contribution in [0, 0.1) is 11.3 Å². The summed E-state index contributed by atoms with van der Waals surface area (Å²) in [6.45, 7) is 0.355. The molecule has 0 spiro atoms. The Morgan fingerprint density at radius 3 is 3.19 bits per heavy atom. The Morgan fingerprint density at radius 2 is 2.50 bits per heavy atom. The Morgan fingerprint density at radius 1 is 1.69 bits per heavy atom. The number of rotatable bonds is 3. The number of carboxylic acids is 1. The Labute approximate surface area is 95.2 Å². The summed E-state index contributed by atoms with van der Waals surface area (Å²) in [6.07, 6.45) is 3.17. The molecule has 0 aliphatic rings. The lowest BCUT2D eigenvalue weighted by molar-refractivity contribution is 0.0701. The summed E-state index contributed by atoms with van der Waals surface area (Å²) in [5.41, 5.74) is 0.687. The molecule has 0 fully saturated rings. The normalized spacial score (nSPS) is 9.94. The fraction of sp³-hybridized carbons (Fsp3) is 0.100. The maximum atomic E-state index is 10.9. The van der Waals surface area contributed by atoms with Crippen molar-refractivity contribution in [1.29, 1.82) is 5.26 Å². The summed E-state index contributed by atoms with van der Waals surface area (Å²) in [4.78, 5) is 15.0. The minimum Gasteiger partial charge on any atom is -0.477 e. The molecule has 0 bridgehead atoms. The average molecular weight is 233 g/mol. The van der Waals surface area contributed by atoms with Gasteiger partial charge in [0.15, 0.2) is 0 Å². The van der Waals surface area contributed by atoms with Crippen molar-refractivity contribution in [3.63, 3.8) is 0 Å². The van der Waals surface area contributed by atoms with Gasteiger partial charge >= 0.3 is 5.97 Å². The number of nitrogens with zero attached hydrogens (tertiary/aromatic N) is 3. The third-order valence-electron chi connectivity index (χ3n) is 2.10. The van der Waals surface area contributed by atoms with E-state index in [4.69, 9.17) is 10.4 Å². The maximum absolute atomic E-state index is 10.9. The van der Waals surface area contributed by atoms with Crippen LogP contribution in [-0.2, 0) is 6.54 Å². The van der Waals surface area contributed by atoms with Crippen LogP contribution in [0.5, 0.6) is 0 Å². The van der Waals surface area contributed by atoms with Crippen molar-refractivity contribution >= 4 is 17.3 Å². The van der Waals surface area contributed by atoms with E-state index in [1.165, 1.54) is 17.5 Å². The predicted octanol–water partition coefficient (Wildman–Crippen LogP) is 1.56. The zero-order valence-corrected chi connectivity index (χ0v) is 8.94. The highest BCUT2D eigenvalue weighted by atomic mass is 32.1. The molecular weight excluding hydrogens is 226 g/mol. The molecule has 80 valence electrons. The van der Waals surface area contributed by atoms with Crippen molar-refractivity contribution < 1.29 is 9.90 Å². The van der Waals surface area contributed by atoms with Gasteiger partial charge in [0.25, 0.3) is 0 Å². The molecule has 16 heavy (non-hydrogen) atoms. The second-order valence-electron chi connectivity index (χ2n) is 3.07. The van der Waals surface area contributed by atoms with E-state index in [-0.39, 0.29) is 5.82 Å². The molecule has 0 radical (unpaired) electrons. The van der Waals surface area contributed by atoms with Crippen molar-refractivity contribution in [1.82, 2.24) is 9.55 Å². The molecule has 2 heterocycles. The molecule has 0 saturated carbocycles. The summed E-state index contributed by atoms with van der Waals surface area (Å²) in [5, 5.41) is 19.4. The van der Waals surface area contributed by atoms with Gasteiger partial charge in [-0.25, -0.2) is 9.78 Å². The quantitative estimate of drug-likeness (QED) is 0.872. The number of nitriles is 1. The first kappa shape index (κ1) is 10.4. The van der Waals surface area contributed by atoms with Gasteiger partial charge in [-0.15, -0.1) is 11.3 Å². The highest BCUT2D eigenvalue weighted by Gasteiger charge is 2.12. The third-order valence-corrected chi connectivity index (χ3v) is 3.04. The standard InChI is InChI=1S/C10H7N3O2S/c11-5-8-12-2-3-13(8)6-7-1-4-16-9(7)10(14)15/h1-4H,6H2,(H,14,15). The predicted molar refractivity (Wildman–Crippen MR) is 57.3 cm³/mol. The smallest absolute Gasteiger partial charge is 0.346 e. The second kappa shape index (κ2) is 4.16. The fourth-order valence-corrected chi connectivity index (χ4v) is 2.13. The maximum Gasteiger partial charge on any atom is 0.346 e. The van der Waals surface area contributed by atoms with Gasteiger partial charge in [0.05, 0.1) is 6.54 Å². The summed E-state index contributed by atoms with van der Waals surface area (Å²) < 4.78 is 1.62. The van der Waals surface area contributed by atoms with E-state index in [1.807, 2.05) is 6.07 Å². The third kappa shape index (κ3) is 1.81. The van der Waals surface area contributed by atoms with Crippen LogP contribution in [0.2, 0.25) is 0 Å². The first-order chi connectivity index (χ1) is 7.72. The van der Waals surface area contributed by atoms with Crippen LogP contribution in [0.4, 0.5) is 0 Å². The Balaban J connectivity index is 2.31. The number of thiophene rings is 1. The molecule has 2 aromatic rings. The van der Waals surface area contributed by atoms with Crippen LogP contribution >= 0.6 is 11.3 Å². The molecule has 5 nitrogen and oxygen atoms in total. The van der Waals surface area contributed by atoms with Crippen LogP contribution in [-0.4, -0.2) is 20.6 Å². The molecule has 1 N–H and O–H groups in total. The van der Waals surface area contributed by atoms with Crippen molar-refractivity contribution in [2.75, 3.05) is 0 Å². The molecule has 0 aliphatic carbocycles. The van der Waals surface area contributed by atoms with Crippen molar-refractivity contribution in [2.24, 2.45) is 0 Å². The summed E-state index contributed by atoms with van der Waals surface area (Å²) in [5.74, 6) is -0.661. The molecule has 0 atom stereocenters. The van der Waals surface area contributed by atoms with Crippen LogP contribution < -0.4 is 0 Å². The van der Waals surface area contributed by atoms with E-state index >= 15 is 0 Å². The van der Waals surface area contributed by atoms with E-state index in [0.717, 1.165) is 0 Å². The molecule has 0 unspecified atom stereocenters. The zero-order chi connectivity index (χ0) is 11.5. The monoisotopic (exact) mass is 233 g/mol. The number of imidazole rings is 1. The van der Waals surface area contributed by atoms with Gasteiger partial charge < -0.3 is 9.67 Å². The van der Waals surface area contributed by atoms with E-state index in [9.17, 15) is 4.79 Å². The Hall–Kier alpha value is -2.13. The van der Waals surface area contributed by atoms with Crippen LogP contribution in [0.15, 0.2) is 23.8 Å². The van der Waals surface area contributed by atoms with Gasteiger partial charge in [-0.3, -0.25) is 0 Å². The Kier molecular flexibility index (Phi) is 2.70. The minimum absolute atomic E-state index is 0.280. The minimum atomic E-state index is -0.941. The molecule has 0 saturated heterocycles. The number of hydrogen-bond acceptors (Lipinski definition) is 4. The summed E-state index contributed by atoms with van der Waals surface area (Å²) in [6, 6.07) is 3.69. The van der Waals surface area contributed by atoms with Crippen LogP contribution in [0.3, 0.4) is 0 Å². The average Bonchev–Trinajstić information content (AvgIpc) is 2.86. The number of carboxylic acid groups (broad SMARTS) is 1. The molecule has 0 aromatic carbocycles. The number of aromatic nitrogens is 2. The highest BCUT2D eigenvalue weighted by Crippen LogP contribution is 2.18. The molecule has 6 heteroatoms. The van der Waals surface area contributed by atoms with E-state index in [2.05, 4.69) is 4.98 Å². The molecule has 2 aromatic heterocycles. The van der Waals surface area contributed by atoms with Crippen LogP contribution in [0.25, 0.3) is 0 Å².